The molecule has 2 unspecified atom stereocenters. The molecule has 4 N–H and O–H groups in total. The monoisotopic (exact) mass is 595 g/mol. The highest BCUT2D eigenvalue weighted by atomic mass is 19.3. The van der Waals surface area contributed by atoms with Crippen LogP contribution in [0, 0.1) is 23.6 Å². The van der Waals surface area contributed by atoms with E-state index < -0.39 is 48.2 Å². The minimum absolute atomic E-state index is 0.0421. The summed E-state index contributed by atoms with van der Waals surface area (Å²) < 4.78 is 40.1. The molecule has 0 saturated carbocycles. The highest BCUT2D eigenvalue weighted by molar-refractivity contribution is 5.97. The number of carbonyl (C=O) groups is 3. The minimum Gasteiger partial charge on any atom is -0.508 e. The van der Waals surface area contributed by atoms with Crippen molar-refractivity contribution in [1.29, 1.82) is 0 Å². The second kappa shape index (κ2) is 16.1. The van der Waals surface area contributed by atoms with Crippen LogP contribution in [-0.4, -0.2) is 71.5 Å². The lowest BCUT2D eigenvalue weighted by atomic mass is 9.94. The van der Waals surface area contributed by atoms with E-state index in [-0.39, 0.29) is 35.3 Å². The van der Waals surface area contributed by atoms with Gasteiger partial charge in [-0.1, -0.05) is 59.7 Å². The number of nitrogens with zero attached hydrogens (tertiary/aromatic N) is 1. The molecule has 2 aromatic rings. The lowest BCUT2D eigenvalue weighted by Crippen LogP contribution is -2.54. The fourth-order valence-corrected chi connectivity index (χ4v) is 3.95. The van der Waals surface area contributed by atoms with Gasteiger partial charge < -0.3 is 25.7 Å². The molecule has 234 valence electrons. The van der Waals surface area contributed by atoms with Crippen molar-refractivity contribution in [2.24, 2.45) is 10.8 Å². The number of hydrogen-bond donors (Lipinski definition) is 4. The Labute approximate surface area is 246 Å². The number of amides is 3. The van der Waals surface area contributed by atoms with Gasteiger partial charge in [-0.25, -0.2) is 13.2 Å². The fraction of sp³-hybridized carbons (Fsp3) is 0.516. The molecule has 0 aliphatic rings. The van der Waals surface area contributed by atoms with Crippen LogP contribution in [0.2, 0.25) is 0 Å². The normalized spacial score (nSPS) is 13.0. The van der Waals surface area contributed by atoms with Gasteiger partial charge in [0.1, 0.15) is 11.6 Å². The number of carbonyl (C=O) groups excluding carboxylic acids is 3. The van der Waals surface area contributed by atoms with Crippen molar-refractivity contribution in [2.75, 3.05) is 19.6 Å². The molecule has 2 aromatic carbocycles. The third kappa shape index (κ3) is 13.4. The summed E-state index contributed by atoms with van der Waals surface area (Å²) in [7, 11) is 0. The van der Waals surface area contributed by atoms with Gasteiger partial charge in [-0.05, 0) is 54.0 Å². The van der Waals surface area contributed by atoms with Crippen LogP contribution < -0.4 is 10.6 Å². The van der Waals surface area contributed by atoms with Crippen LogP contribution in [-0.2, 0) is 16.0 Å². The Morgan fingerprint density at radius 2 is 1.64 bits per heavy atom. The maximum absolute atomic E-state index is 13.7. The Bertz CT molecular complexity index is 1180. The van der Waals surface area contributed by atoms with E-state index in [4.69, 9.17) is 0 Å². The van der Waals surface area contributed by atoms with Crippen LogP contribution in [0.15, 0.2) is 42.5 Å². The van der Waals surface area contributed by atoms with E-state index in [0.717, 1.165) is 17.9 Å². The molecule has 2 rings (SSSR count). The van der Waals surface area contributed by atoms with Crippen molar-refractivity contribution < 1.29 is 37.8 Å². The second-order valence-electron chi connectivity index (χ2n) is 12.5. The summed E-state index contributed by atoms with van der Waals surface area (Å²) in [5.74, 6) is -2.30. The predicted octanol–water partition coefficient (Wildman–Crippen LogP) is 4.46. The fourth-order valence-electron chi connectivity index (χ4n) is 3.95. The van der Waals surface area contributed by atoms with Crippen molar-refractivity contribution in [3.8, 4) is 5.75 Å². The molecule has 8 nitrogen and oxygen atoms in total. The summed E-state index contributed by atoms with van der Waals surface area (Å²) in [5.41, 5.74) is 0.479. The molecule has 0 aliphatic heterocycles. The summed E-state index contributed by atoms with van der Waals surface area (Å²) >= 11 is 0. The Balaban J connectivity index is 0.000000962. The molecule has 0 spiro atoms. The number of hydrogen-bond acceptors (Lipinski definition) is 5. The summed E-state index contributed by atoms with van der Waals surface area (Å²) in [6.07, 6.45) is -4.09. The first-order chi connectivity index (χ1) is 19.3. The van der Waals surface area contributed by atoms with E-state index in [0.29, 0.717) is 5.56 Å². The van der Waals surface area contributed by atoms with Gasteiger partial charge in [0.2, 0.25) is 6.41 Å². The van der Waals surface area contributed by atoms with E-state index in [1.807, 2.05) is 0 Å². The maximum atomic E-state index is 13.7. The molecule has 0 fully saturated rings. The topological polar surface area (TPSA) is 119 Å². The van der Waals surface area contributed by atoms with Crippen LogP contribution in [0.25, 0.3) is 0 Å². The molecule has 3 amide bonds. The third-order valence-electron chi connectivity index (χ3n) is 5.90. The first-order valence-electron chi connectivity index (χ1n) is 13.6. The molecule has 0 heterocycles. The van der Waals surface area contributed by atoms with E-state index in [1.165, 1.54) is 43.3 Å². The van der Waals surface area contributed by atoms with Gasteiger partial charge in [0.25, 0.3) is 18.2 Å². The number of aromatic hydroxyl groups is 1. The average molecular weight is 596 g/mol. The molecule has 0 saturated heterocycles. The van der Waals surface area contributed by atoms with E-state index in [2.05, 4.69) is 31.4 Å². The first kappa shape index (κ1) is 36.4. The minimum atomic E-state index is -2.82. The number of phenolic OH excluding ortho intramolecular Hbond substituents is 1. The number of phenols is 1. The molecule has 42 heavy (non-hydrogen) atoms. The van der Waals surface area contributed by atoms with Crippen LogP contribution in [0.1, 0.15) is 63.0 Å². The number of halogens is 3. The number of rotatable bonds is 11. The van der Waals surface area contributed by atoms with Gasteiger partial charge in [-0.2, -0.15) is 0 Å². The Kier molecular flexibility index (Phi) is 14.0. The zero-order chi connectivity index (χ0) is 32.3. The first-order valence-corrected chi connectivity index (χ1v) is 13.6. The van der Waals surface area contributed by atoms with Crippen molar-refractivity contribution in [3.63, 3.8) is 0 Å². The van der Waals surface area contributed by atoms with Crippen molar-refractivity contribution in [2.45, 2.75) is 73.5 Å². The predicted molar refractivity (Wildman–Crippen MR) is 156 cm³/mol. The quantitative estimate of drug-likeness (QED) is 0.286. The van der Waals surface area contributed by atoms with Crippen LogP contribution in [0.5, 0.6) is 5.75 Å². The number of aliphatic hydroxyl groups is 1. The summed E-state index contributed by atoms with van der Waals surface area (Å²) in [5, 5.41) is 26.0. The molecular weight excluding hydrogens is 551 g/mol. The Hall–Kier alpha value is -3.60. The summed E-state index contributed by atoms with van der Waals surface area (Å²) in [4.78, 5) is 36.6. The number of nitrogens with one attached hydrogen (secondary N) is 2. The van der Waals surface area contributed by atoms with Gasteiger partial charge in [0.05, 0.1) is 12.6 Å². The second-order valence-corrected chi connectivity index (χ2v) is 12.5. The molecule has 0 radical (unpaired) electrons. The summed E-state index contributed by atoms with van der Waals surface area (Å²) in [6, 6.07) is 8.51. The van der Waals surface area contributed by atoms with E-state index in [9.17, 15) is 37.8 Å². The molecule has 2 atom stereocenters. The van der Waals surface area contributed by atoms with Crippen molar-refractivity contribution in [3.05, 3.63) is 65.0 Å². The van der Waals surface area contributed by atoms with E-state index in [1.54, 1.807) is 26.8 Å². The largest absolute Gasteiger partial charge is 0.508 e. The van der Waals surface area contributed by atoms with E-state index >= 15 is 0 Å². The highest BCUT2D eigenvalue weighted by Gasteiger charge is 2.34. The maximum Gasteiger partial charge on any atom is 0.255 e. The number of alkyl halides is 2. The smallest absolute Gasteiger partial charge is 0.255 e. The Morgan fingerprint density at radius 1 is 1.02 bits per heavy atom. The molecular formula is C31H44F3N3O5. The molecule has 11 heteroatoms. The standard InChI is InChI=1S/C25H31F3N2O4.C6H13NO/c1-15-18(9-6-10-20(15)31)23(33)29-19(12-16-7-5-8-17(26)11-16)22(32)24(34)30(13-21(27)28)14-25(2,3)4;1-6(2,3)4-7-5-8/h5-11,19,21-22,31-32H,12-14H2,1-4H3,(H,29,33);5H,4H2,1-3H3,(H,7,8). The van der Waals surface area contributed by atoms with Gasteiger partial charge in [0.15, 0.2) is 6.10 Å². The van der Waals surface area contributed by atoms with Crippen molar-refractivity contribution in [1.82, 2.24) is 15.5 Å². The third-order valence-corrected chi connectivity index (χ3v) is 5.90. The van der Waals surface area contributed by atoms with Gasteiger partial charge >= 0.3 is 0 Å². The molecule has 0 bridgehead atoms. The molecule has 0 aliphatic carbocycles. The summed E-state index contributed by atoms with van der Waals surface area (Å²) in [6.45, 7) is 12.9. The van der Waals surface area contributed by atoms with Crippen molar-refractivity contribution >= 4 is 18.2 Å². The van der Waals surface area contributed by atoms with Crippen LogP contribution in [0.4, 0.5) is 13.2 Å². The SMILES string of the molecule is CC(C)(C)CNC=O.Cc1c(O)cccc1C(=O)NC(Cc1cccc(F)c1)C(O)C(=O)N(CC(F)F)CC(C)(C)C. The average Bonchev–Trinajstić information content (AvgIpc) is 2.86. The molecule has 0 aromatic heterocycles. The van der Waals surface area contributed by atoms with Crippen LogP contribution in [0.3, 0.4) is 0 Å². The lowest BCUT2D eigenvalue weighted by molar-refractivity contribution is -0.145. The van der Waals surface area contributed by atoms with Gasteiger partial charge in [-0.3, -0.25) is 14.4 Å². The number of aliphatic hydroxyl groups excluding tert-OH is 1. The van der Waals surface area contributed by atoms with Gasteiger partial charge in [0, 0.05) is 24.2 Å². The lowest BCUT2D eigenvalue weighted by Gasteiger charge is -2.33. The van der Waals surface area contributed by atoms with Crippen LogP contribution >= 0.6 is 0 Å². The number of benzene rings is 2. The van der Waals surface area contributed by atoms with Gasteiger partial charge in [-0.15, -0.1) is 0 Å². The zero-order valence-corrected chi connectivity index (χ0v) is 25.4. The Morgan fingerprint density at radius 3 is 2.14 bits per heavy atom. The highest BCUT2D eigenvalue weighted by Crippen LogP contribution is 2.21. The zero-order valence-electron chi connectivity index (χ0n) is 25.4.